The zero-order chi connectivity index (χ0) is 14.1. The van der Waals surface area contributed by atoms with Crippen LogP contribution in [0.4, 0.5) is 4.39 Å². The van der Waals surface area contributed by atoms with Crippen LogP contribution in [0.15, 0.2) is 42.5 Å². The molecule has 4 heteroatoms. The summed E-state index contributed by atoms with van der Waals surface area (Å²) in [7, 11) is 0. The van der Waals surface area contributed by atoms with Crippen molar-refractivity contribution in [2.45, 2.75) is 13.3 Å². The minimum atomic E-state index is -0.283. The smallest absolute Gasteiger partial charge is 0.161 e. The fourth-order valence-electron chi connectivity index (χ4n) is 2.19. The van der Waals surface area contributed by atoms with Gasteiger partial charge in [0, 0.05) is 10.9 Å². The number of halogens is 2. The van der Waals surface area contributed by atoms with Gasteiger partial charge in [-0.2, -0.15) is 0 Å². The molecule has 0 aliphatic heterocycles. The van der Waals surface area contributed by atoms with Crippen molar-refractivity contribution < 1.29 is 4.39 Å². The summed E-state index contributed by atoms with van der Waals surface area (Å²) in [6.45, 7) is 2.07. The molecular formula is C16H12ClFN2. The van der Waals surface area contributed by atoms with Crippen molar-refractivity contribution in [2.24, 2.45) is 0 Å². The maximum absolute atomic E-state index is 13.0. The SMILES string of the molecule is CCc1cccc2c(Cl)nc(-c3ccc(F)cc3)nc12. The lowest BCUT2D eigenvalue weighted by Crippen LogP contribution is -1.95. The molecule has 0 saturated carbocycles. The van der Waals surface area contributed by atoms with Gasteiger partial charge >= 0.3 is 0 Å². The van der Waals surface area contributed by atoms with Crippen LogP contribution in [0.5, 0.6) is 0 Å². The summed E-state index contributed by atoms with van der Waals surface area (Å²) in [5.41, 5.74) is 2.73. The number of nitrogens with zero attached hydrogens (tertiary/aromatic N) is 2. The van der Waals surface area contributed by atoms with E-state index in [1.54, 1.807) is 12.1 Å². The van der Waals surface area contributed by atoms with Crippen LogP contribution < -0.4 is 0 Å². The molecule has 0 fully saturated rings. The molecule has 0 N–H and O–H groups in total. The fraction of sp³-hybridized carbons (Fsp3) is 0.125. The Morgan fingerprint density at radius 1 is 1.05 bits per heavy atom. The van der Waals surface area contributed by atoms with E-state index in [0.717, 1.165) is 28.5 Å². The Kier molecular flexibility index (Phi) is 3.36. The molecule has 0 amide bonds. The Balaban J connectivity index is 2.25. The van der Waals surface area contributed by atoms with Crippen LogP contribution in [0, 0.1) is 5.82 Å². The van der Waals surface area contributed by atoms with Crippen molar-refractivity contribution in [2.75, 3.05) is 0 Å². The summed E-state index contributed by atoms with van der Waals surface area (Å²) in [6.07, 6.45) is 0.869. The van der Waals surface area contributed by atoms with E-state index in [1.165, 1.54) is 12.1 Å². The lowest BCUT2D eigenvalue weighted by Gasteiger charge is -2.07. The van der Waals surface area contributed by atoms with E-state index in [2.05, 4.69) is 16.9 Å². The molecule has 100 valence electrons. The van der Waals surface area contributed by atoms with Crippen molar-refractivity contribution in [1.82, 2.24) is 9.97 Å². The minimum Gasteiger partial charge on any atom is -0.228 e. The van der Waals surface area contributed by atoms with Crippen LogP contribution in [0.25, 0.3) is 22.3 Å². The monoisotopic (exact) mass is 286 g/mol. The average molecular weight is 287 g/mol. The summed E-state index contributed by atoms with van der Waals surface area (Å²) < 4.78 is 13.0. The van der Waals surface area contributed by atoms with Crippen LogP contribution in [0.3, 0.4) is 0 Å². The molecule has 0 saturated heterocycles. The molecule has 3 rings (SSSR count). The second-order valence-electron chi connectivity index (χ2n) is 4.51. The van der Waals surface area contributed by atoms with E-state index in [-0.39, 0.29) is 5.82 Å². The first kappa shape index (κ1) is 13.0. The third-order valence-electron chi connectivity index (χ3n) is 3.25. The van der Waals surface area contributed by atoms with Crippen molar-refractivity contribution in [1.29, 1.82) is 0 Å². The molecule has 0 unspecified atom stereocenters. The normalized spacial score (nSPS) is 10.9. The first-order chi connectivity index (χ1) is 9.69. The predicted molar refractivity (Wildman–Crippen MR) is 79.3 cm³/mol. The maximum atomic E-state index is 13.0. The highest BCUT2D eigenvalue weighted by Crippen LogP contribution is 2.27. The number of hydrogen-bond donors (Lipinski definition) is 0. The van der Waals surface area contributed by atoms with Crippen LogP contribution in [-0.4, -0.2) is 9.97 Å². The molecule has 20 heavy (non-hydrogen) atoms. The maximum Gasteiger partial charge on any atom is 0.161 e. The van der Waals surface area contributed by atoms with Gasteiger partial charge in [0.1, 0.15) is 11.0 Å². The Morgan fingerprint density at radius 3 is 2.50 bits per heavy atom. The Labute approximate surface area is 121 Å². The summed E-state index contributed by atoms with van der Waals surface area (Å²) in [5, 5.41) is 1.27. The van der Waals surface area contributed by atoms with Crippen LogP contribution in [-0.2, 0) is 6.42 Å². The van der Waals surface area contributed by atoms with E-state index < -0.39 is 0 Å². The number of aromatic nitrogens is 2. The summed E-state index contributed by atoms with van der Waals surface area (Å²) in [5.74, 6) is 0.235. The molecule has 0 atom stereocenters. The van der Waals surface area contributed by atoms with Gasteiger partial charge in [-0.15, -0.1) is 0 Å². The van der Waals surface area contributed by atoms with E-state index in [9.17, 15) is 4.39 Å². The van der Waals surface area contributed by atoms with E-state index in [4.69, 9.17) is 11.6 Å². The first-order valence-electron chi connectivity index (χ1n) is 6.40. The topological polar surface area (TPSA) is 25.8 Å². The van der Waals surface area contributed by atoms with Gasteiger partial charge in [-0.25, -0.2) is 14.4 Å². The van der Waals surface area contributed by atoms with Gasteiger partial charge in [0.25, 0.3) is 0 Å². The molecular weight excluding hydrogens is 275 g/mol. The van der Waals surface area contributed by atoms with Crippen LogP contribution in [0.2, 0.25) is 5.15 Å². The Bertz CT molecular complexity index is 769. The van der Waals surface area contributed by atoms with Gasteiger partial charge in [-0.3, -0.25) is 0 Å². The van der Waals surface area contributed by atoms with E-state index in [1.807, 2.05) is 18.2 Å². The van der Waals surface area contributed by atoms with Gasteiger partial charge in [0.05, 0.1) is 5.52 Å². The highest BCUT2D eigenvalue weighted by atomic mass is 35.5. The molecule has 0 radical (unpaired) electrons. The predicted octanol–water partition coefficient (Wildman–Crippen LogP) is 4.65. The fourth-order valence-corrected chi connectivity index (χ4v) is 2.42. The second kappa shape index (κ2) is 5.17. The number of hydrogen-bond acceptors (Lipinski definition) is 2. The standard InChI is InChI=1S/C16H12ClFN2/c1-2-10-4-3-5-13-14(10)19-16(20-15(13)17)11-6-8-12(18)9-7-11/h3-9H,2H2,1H3. The van der Waals surface area contributed by atoms with Crippen molar-refractivity contribution in [3.63, 3.8) is 0 Å². The van der Waals surface area contributed by atoms with Gasteiger partial charge in [0.2, 0.25) is 0 Å². The van der Waals surface area contributed by atoms with Crippen LogP contribution in [0.1, 0.15) is 12.5 Å². The van der Waals surface area contributed by atoms with Crippen molar-refractivity contribution in [3.05, 3.63) is 59.0 Å². The van der Waals surface area contributed by atoms with Crippen molar-refractivity contribution >= 4 is 22.5 Å². The van der Waals surface area contributed by atoms with E-state index >= 15 is 0 Å². The molecule has 2 aromatic carbocycles. The Hall–Kier alpha value is -2.00. The second-order valence-corrected chi connectivity index (χ2v) is 4.87. The molecule has 2 nitrogen and oxygen atoms in total. The number of para-hydroxylation sites is 1. The lowest BCUT2D eigenvalue weighted by molar-refractivity contribution is 0.628. The third kappa shape index (κ3) is 2.25. The molecule has 1 aromatic heterocycles. The number of rotatable bonds is 2. The highest BCUT2D eigenvalue weighted by Gasteiger charge is 2.10. The summed E-state index contributed by atoms with van der Waals surface area (Å²) >= 11 is 6.25. The van der Waals surface area contributed by atoms with E-state index in [0.29, 0.717) is 11.0 Å². The average Bonchev–Trinajstić information content (AvgIpc) is 2.47. The molecule has 0 spiro atoms. The molecule has 0 bridgehead atoms. The highest BCUT2D eigenvalue weighted by molar-refractivity contribution is 6.34. The molecule has 3 aromatic rings. The van der Waals surface area contributed by atoms with Gasteiger partial charge < -0.3 is 0 Å². The number of aryl methyl sites for hydroxylation is 1. The quantitative estimate of drug-likeness (QED) is 0.641. The van der Waals surface area contributed by atoms with Crippen molar-refractivity contribution in [3.8, 4) is 11.4 Å². The zero-order valence-electron chi connectivity index (χ0n) is 10.9. The summed E-state index contributed by atoms with van der Waals surface area (Å²) in [4.78, 5) is 8.90. The first-order valence-corrected chi connectivity index (χ1v) is 6.78. The molecule has 0 aliphatic rings. The van der Waals surface area contributed by atoms with Gasteiger partial charge in [-0.05, 0) is 42.3 Å². The zero-order valence-corrected chi connectivity index (χ0v) is 11.7. The van der Waals surface area contributed by atoms with Crippen LogP contribution >= 0.6 is 11.6 Å². The Morgan fingerprint density at radius 2 is 1.80 bits per heavy atom. The molecule has 0 aliphatic carbocycles. The van der Waals surface area contributed by atoms with Gasteiger partial charge in [0.15, 0.2) is 5.82 Å². The number of benzene rings is 2. The lowest BCUT2D eigenvalue weighted by atomic mass is 10.1. The molecule has 1 heterocycles. The summed E-state index contributed by atoms with van der Waals surface area (Å²) in [6, 6.07) is 12.0. The minimum absolute atomic E-state index is 0.283. The number of fused-ring (bicyclic) bond motifs is 1. The van der Waals surface area contributed by atoms with Gasteiger partial charge in [-0.1, -0.05) is 30.7 Å². The third-order valence-corrected chi connectivity index (χ3v) is 3.54. The largest absolute Gasteiger partial charge is 0.228 e.